The zero-order chi connectivity index (χ0) is 13.9. The molecule has 3 unspecified atom stereocenters. The van der Waals surface area contributed by atoms with Crippen LogP contribution in [0.2, 0.25) is 0 Å². The van der Waals surface area contributed by atoms with Crippen molar-refractivity contribution in [3.05, 3.63) is 29.8 Å². The number of para-hydroxylation sites is 1. The monoisotopic (exact) mass is 274 g/mol. The number of hydrogen-bond acceptors (Lipinski definition) is 3. The van der Waals surface area contributed by atoms with E-state index in [0.717, 1.165) is 30.6 Å². The van der Waals surface area contributed by atoms with Crippen LogP contribution in [0.5, 0.6) is 5.75 Å². The molecule has 0 saturated heterocycles. The standard InChI is InChI=1S/C16H22N2O2/c17-12-7-2-1-3-8-13(12)18-16(19)15-10-11-6-4-5-9-14(11)20-15/h4-6,9,12-13,15H,1-3,7-8,10,17H2,(H,18,19). The van der Waals surface area contributed by atoms with Gasteiger partial charge in [0, 0.05) is 18.5 Å². The van der Waals surface area contributed by atoms with Crippen LogP contribution in [0.3, 0.4) is 0 Å². The topological polar surface area (TPSA) is 64.3 Å². The molecular weight excluding hydrogens is 252 g/mol. The van der Waals surface area contributed by atoms with Gasteiger partial charge in [-0.3, -0.25) is 4.79 Å². The predicted molar refractivity (Wildman–Crippen MR) is 77.6 cm³/mol. The Morgan fingerprint density at radius 2 is 2.00 bits per heavy atom. The Bertz CT molecular complexity index is 464. The Morgan fingerprint density at radius 3 is 2.85 bits per heavy atom. The fraction of sp³-hybridized carbons (Fsp3) is 0.562. The van der Waals surface area contributed by atoms with E-state index in [1.807, 2.05) is 24.3 Å². The molecule has 2 aliphatic rings. The molecule has 1 fully saturated rings. The van der Waals surface area contributed by atoms with E-state index in [2.05, 4.69) is 5.32 Å². The highest BCUT2D eigenvalue weighted by molar-refractivity contribution is 5.82. The average Bonchev–Trinajstić information content (AvgIpc) is 2.79. The smallest absolute Gasteiger partial charge is 0.261 e. The van der Waals surface area contributed by atoms with Crippen molar-refractivity contribution in [1.82, 2.24) is 5.32 Å². The van der Waals surface area contributed by atoms with E-state index in [-0.39, 0.29) is 18.0 Å². The summed E-state index contributed by atoms with van der Waals surface area (Å²) < 4.78 is 5.72. The van der Waals surface area contributed by atoms with Crippen molar-refractivity contribution in [2.45, 2.75) is 56.7 Å². The molecule has 1 aromatic carbocycles. The summed E-state index contributed by atoms with van der Waals surface area (Å²) in [6.45, 7) is 0. The molecule has 20 heavy (non-hydrogen) atoms. The van der Waals surface area contributed by atoms with E-state index in [1.54, 1.807) is 0 Å². The molecule has 0 spiro atoms. The lowest BCUT2D eigenvalue weighted by Gasteiger charge is -2.24. The largest absolute Gasteiger partial charge is 0.480 e. The van der Waals surface area contributed by atoms with Crippen LogP contribution in [0, 0.1) is 0 Å². The second kappa shape index (κ2) is 5.83. The van der Waals surface area contributed by atoms with Gasteiger partial charge in [-0.05, 0) is 24.5 Å². The van der Waals surface area contributed by atoms with E-state index in [0.29, 0.717) is 6.42 Å². The summed E-state index contributed by atoms with van der Waals surface area (Å²) >= 11 is 0. The van der Waals surface area contributed by atoms with E-state index in [1.165, 1.54) is 12.8 Å². The number of hydrogen-bond donors (Lipinski definition) is 2. The lowest BCUT2D eigenvalue weighted by molar-refractivity contribution is -0.128. The number of ether oxygens (including phenoxy) is 1. The third-order valence-electron chi connectivity index (χ3n) is 4.34. The molecule has 1 heterocycles. The van der Waals surface area contributed by atoms with Gasteiger partial charge in [0.2, 0.25) is 0 Å². The maximum Gasteiger partial charge on any atom is 0.261 e. The summed E-state index contributed by atoms with van der Waals surface area (Å²) in [5, 5.41) is 3.10. The van der Waals surface area contributed by atoms with Crippen molar-refractivity contribution in [3.8, 4) is 5.75 Å². The van der Waals surface area contributed by atoms with Gasteiger partial charge in [-0.25, -0.2) is 0 Å². The van der Waals surface area contributed by atoms with Crippen LogP contribution in [-0.4, -0.2) is 24.1 Å². The summed E-state index contributed by atoms with van der Waals surface area (Å²) in [7, 11) is 0. The van der Waals surface area contributed by atoms with Crippen LogP contribution in [-0.2, 0) is 11.2 Å². The molecule has 1 aliphatic carbocycles. The normalized spacial score (nSPS) is 29.1. The SMILES string of the molecule is NC1CCCCCC1NC(=O)C1Cc2ccccc2O1. The van der Waals surface area contributed by atoms with Gasteiger partial charge in [0.15, 0.2) is 6.10 Å². The van der Waals surface area contributed by atoms with Crippen LogP contribution in [0.1, 0.15) is 37.7 Å². The van der Waals surface area contributed by atoms with Crippen LogP contribution in [0.25, 0.3) is 0 Å². The van der Waals surface area contributed by atoms with E-state index in [9.17, 15) is 4.79 Å². The molecule has 1 aromatic rings. The van der Waals surface area contributed by atoms with E-state index >= 15 is 0 Å². The molecule has 0 radical (unpaired) electrons. The van der Waals surface area contributed by atoms with Gasteiger partial charge in [0.05, 0.1) is 0 Å². The van der Waals surface area contributed by atoms with Crippen LogP contribution in [0.15, 0.2) is 24.3 Å². The fourth-order valence-electron chi connectivity index (χ4n) is 3.12. The zero-order valence-electron chi connectivity index (χ0n) is 11.7. The molecule has 3 atom stereocenters. The summed E-state index contributed by atoms with van der Waals surface area (Å²) in [6, 6.07) is 8.01. The van der Waals surface area contributed by atoms with Crippen molar-refractivity contribution in [3.63, 3.8) is 0 Å². The molecule has 1 aliphatic heterocycles. The lowest BCUT2D eigenvalue weighted by Crippen LogP contribution is -2.50. The maximum atomic E-state index is 12.3. The molecule has 3 N–H and O–H groups in total. The first-order chi connectivity index (χ1) is 9.74. The van der Waals surface area contributed by atoms with Gasteiger partial charge in [-0.1, -0.05) is 37.5 Å². The molecule has 4 nitrogen and oxygen atoms in total. The lowest BCUT2D eigenvalue weighted by atomic mass is 10.0. The highest BCUT2D eigenvalue weighted by Gasteiger charge is 2.31. The molecule has 0 bridgehead atoms. The number of nitrogens with one attached hydrogen (secondary N) is 1. The molecular formula is C16H22N2O2. The van der Waals surface area contributed by atoms with Gasteiger partial charge in [0.25, 0.3) is 5.91 Å². The van der Waals surface area contributed by atoms with Gasteiger partial charge in [0.1, 0.15) is 5.75 Å². The number of nitrogens with two attached hydrogens (primary N) is 1. The third-order valence-corrected chi connectivity index (χ3v) is 4.34. The minimum Gasteiger partial charge on any atom is -0.480 e. The molecule has 3 rings (SSSR count). The number of fused-ring (bicyclic) bond motifs is 1. The Hall–Kier alpha value is -1.55. The van der Waals surface area contributed by atoms with Gasteiger partial charge in [-0.2, -0.15) is 0 Å². The predicted octanol–water partition coefficient (Wildman–Crippen LogP) is 1.77. The van der Waals surface area contributed by atoms with Gasteiger partial charge >= 0.3 is 0 Å². The summed E-state index contributed by atoms with van der Waals surface area (Å²) in [5.41, 5.74) is 7.26. The average molecular weight is 274 g/mol. The van der Waals surface area contributed by atoms with Crippen LogP contribution in [0.4, 0.5) is 0 Å². The molecule has 0 aromatic heterocycles. The second-order valence-electron chi connectivity index (χ2n) is 5.84. The third kappa shape index (κ3) is 2.80. The number of carbonyl (C=O) groups is 1. The molecule has 1 amide bonds. The number of carbonyl (C=O) groups excluding carboxylic acids is 1. The Labute approximate surface area is 119 Å². The van der Waals surface area contributed by atoms with Crippen molar-refractivity contribution in [1.29, 1.82) is 0 Å². The maximum absolute atomic E-state index is 12.3. The molecule has 108 valence electrons. The zero-order valence-corrected chi connectivity index (χ0v) is 11.7. The van der Waals surface area contributed by atoms with Gasteiger partial charge < -0.3 is 15.8 Å². The summed E-state index contributed by atoms with van der Waals surface area (Å²) in [6.07, 6.45) is 5.75. The van der Waals surface area contributed by atoms with E-state index < -0.39 is 6.10 Å². The van der Waals surface area contributed by atoms with Crippen molar-refractivity contribution >= 4 is 5.91 Å². The van der Waals surface area contributed by atoms with Gasteiger partial charge in [-0.15, -0.1) is 0 Å². The minimum absolute atomic E-state index is 0.0245. The fourth-order valence-corrected chi connectivity index (χ4v) is 3.12. The highest BCUT2D eigenvalue weighted by atomic mass is 16.5. The minimum atomic E-state index is -0.400. The summed E-state index contributed by atoms with van der Waals surface area (Å²) in [4.78, 5) is 12.3. The van der Waals surface area contributed by atoms with Crippen molar-refractivity contribution in [2.75, 3.05) is 0 Å². The Morgan fingerprint density at radius 1 is 1.20 bits per heavy atom. The number of rotatable bonds is 2. The number of benzene rings is 1. The first-order valence-corrected chi connectivity index (χ1v) is 7.54. The summed E-state index contributed by atoms with van der Waals surface area (Å²) in [5.74, 6) is 0.807. The van der Waals surface area contributed by atoms with Crippen molar-refractivity contribution in [2.24, 2.45) is 5.73 Å². The Balaban J connectivity index is 1.60. The molecule has 4 heteroatoms. The molecule has 1 saturated carbocycles. The first kappa shape index (κ1) is 13.4. The Kier molecular flexibility index (Phi) is 3.92. The number of amides is 1. The quantitative estimate of drug-likeness (QED) is 0.808. The second-order valence-corrected chi connectivity index (χ2v) is 5.84. The first-order valence-electron chi connectivity index (χ1n) is 7.54. The van der Waals surface area contributed by atoms with Crippen LogP contribution >= 0.6 is 0 Å². The van der Waals surface area contributed by atoms with Crippen LogP contribution < -0.4 is 15.8 Å². The van der Waals surface area contributed by atoms with E-state index in [4.69, 9.17) is 10.5 Å². The van der Waals surface area contributed by atoms with Crippen molar-refractivity contribution < 1.29 is 9.53 Å². The highest BCUT2D eigenvalue weighted by Crippen LogP contribution is 2.28.